The summed E-state index contributed by atoms with van der Waals surface area (Å²) in [5.41, 5.74) is 1.79. The molecular formula is C13H13N2O2+. The fourth-order valence-corrected chi connectivity index (χ4v) is 2.18. The van der Waals surface area contributed by atoms with E-state index in [4.69, 9.17) is 4.42 Å². The first-order valence-corrected chi connectivity index (χ1v) is 5.73. The van der Waals surface area contributed by atoms with Crippen LogP contribution in [0.1, 0.15) is 13.3 Å². The molecule has 0 aliphatic heterocycles. The van der Waals surface area contributed by atoms with Crippen LogP contribution in [0.3, 0.4) is 0 Å². The van der Waals surface area contributed by atoms with E-state index in [9.17, 15) is 4.79 Å². The smallest absolute Gasteiger partial charge is 0.388 e. The van der Waals surface area contributed by atoms with Crippen LogP contribution in [0.25, 0.3) is 22.0 Å². The van der Waals surface area contributed by atoms with E-state index in [1.807, 2.05) is 30.6 Å². The second-order valence-corrected chi connectivity index (χ2v) is 4.08. The molecule has 4 heteroatoms. The van der Waals surface area contributed by atoms with Crippen molar-refractivity contribution in [3.05, 3.63) is 41.0 Å². The molecule has 0 unspecified atom stereocenters. The molecule has 0 amide bonds. The van der Waals surface area contributed by atoms with Gasteiger partial charge in [-0.15, -0.1) is 0 Å². The van der Waals surface area contributed by atoms with Gasteiger partial charge in [0, 0.05) is 0 Å². The minimum absolute atomic E-state index is 0.312. The summed E-state index contributed by atoms with van der Waals surface area (Å²) in [5.74, 6) is 0. The molecule has 0 atom stereocenters. The van der Waals surface area contributed by atoms with Crippen molar-refractivity contribution < 1.29 is 8.98 Å². The molecule has 0 bridgehead atoms. The number of aromatic nitrogens is 2. The number of fused-ring (bicyclic) bond motifs is 3. The molecule has 17 heavy (non-hydrogen) atoms. The van der Waals surface area contributed by atoms with E-state index in [0.717, 1.165) is 23.9 Å². The zero-order valence-corrected chi connectivity index (χ0v) is 9.56. The number of aromatic amines is 1. The molecule has 1 N–H and O–H groups in total. The quantitative estimate of drug-likeness (QED) is 0.539. The summed E-state index contributed by atoms with van der Waals surface area (Å²) < 4.78 is 7.33. The number of benzene rings is 1. The molecule has 0 aliphatic rings. The van der Waals surface area contributed by atoms with Crippen LogP contribution < -0.4 is 10.2 Å². The minimum atomic E-state index is -0.312. The maximum atomic E-state index is 11.8. The standard InChI is InChI=1S/C13H12N2O2/c1-2-7-15-8-14-11-12(15)9-5-3-4-6-10(9)17-13(11)16/h3-6,8H,2,7H2,1H3/p+1. The lowest BCUT2D eigenvalue weighted by Crippen LogP contribution is -2.31. The molecule has 0 saturated carbocycles. The zero-order valence-electron chi connectivity index (χ0n) is 9.56. The van der Waals surface area contributed by atoms with Gasteiger partial charge in [0.1, 0.15) is 5.58 Å². The summed E-state index contributed by atoms with van der Waals surface area (Å²) in [5, 5.41) is 0.969. The first-order valence-electron chi connectivity index (χ1n) is 5.73. The third kappa shape index (κ3) is 1.45. The van der Waals surface area contributed by atoms with Gasteiger partial charge >= 0.3 is 5.63 Å². The van der Waals surface area contributed by atoms with Gasteiger partial charge in [-0.2, -0.15) is 0 Å². The zero-order chi connectivity index (χ0) is 11.8. The Morgan fingerprint density at radius 2 is 2.18 bits per heavy atom. The monoisotopic (exact) mass is 229 g/mol. The highest BCUT2D eigenvalue weighted by atomic mass is 16.4. The summed E-state index contributed by atoms with van der Waals surface area (Å²) in [7, 11) is 0. The van der Waals surface area contributed by atoms with Gasteiger partial charge in [0.05, 0.1) is 11.9 Å². The average molecular weight is 229 g/mol. The number of nitrogens with one attached hydrogen (secondary N) is 1. The molecule has 2 heterocycles. The fraction of sp³-hybridized carbons (Fsp3) is 0.231. The van der Waals surface area contributed by atoms with Crippen molar-refractivity contribution in [1.29, 1.82) is 0 Å². The topological polar surface area (TPSA) is 49.9 Å². The molecule has 0 spiro atoms. The van der Waals surface area contributed by atoms with Gasteiger partial charge in [-0.25, -0.2) is 14.3 Å². The largest absolute Gasteiger partial charge is 0.419 e. The lowest BCUT2D eigenvalue weighted by Gasteiger charge is -1.98. The molecule has 2 aromatic heterocycles. The van der Waals surface area contributed by atoms with E-state index in [1.165, 1.54) is 0 Å². The fourth-order valence-electron chi connectivity index (χ4n) is 2.18. The van der Waals surface area contributed by atoms with Gasteiger partial charge in [-0.05, 0) is 18.6 Å². The minimum Gasteiger partial charge on any atom is -0.419 e. The van der Waals surface area contributed by atoms with Gasteiger partial charge in [0.25, 0.3) is 5.52 Å². The highest BCUT2D eigenvalue weighted by Crippen LogP contribution is 2.18. The number of aryl methyl sites for hydroxylation is 1. The maximum Gasteiger partial charge on any atom is 0.388 e. The molecule has 0 aliphatic carbocycles. The van der Waals surface area contributed by atoms with Gasteiger partial charge < -0.3 is 4.42 Å². The normalized spacial score (nSPS) is 11.4. The van der Waals surface area contributed by atoms with Crippen LogP contribution in [0.5, 0.6) is 0 Å². The van der Waals surface area contributed by atoms with Crippen LogP contribution in [0.2, 0.25) is 0 Å². The molecule has 4 nitrogen and oxygen atoms in total. The Kier molecular flexibility index (Phi) is 2.21. The van der Waals surface area contributed by atoms with E-state index < -0.39 is 0 Å². The number of rotatable bonds is 2. The van der Waals surface area contributed by atoms with Gasteiger partial charge in [-0.3, -0.25) is 0 Å². The third-order valence-electron chi connectivity index (χ3n) is 2.90. The predicted octanol–water partition coefficient (Wildman–Crippen LogP) is 1.97. The van der Waals surface area contributed by atoms with Crippen LogP contribution in [0.4, 0.5) is 0 Å². The first kappa shape index (κ1) is 10.1. The van der Waals surface area contributed by atoms with Crippen LogP contribution >= 0.6 is 0 Å². The van der Waals surface area contributed by atoms with Crippen LogP contribution in [-0.2, 0) is 6.54 Å². The van der Waals surface area contributed by atoms with E-state index in [0.29, 0.717) is 11.1 Å². The number of hydrogen-bond acceptors (Lipinski definition) is 2. The van der Waals surface area contributed by atoms with E-state index in [2.05, 4.69) is 16.5 Å². The number of H-pyrrole nitrogens is 1. The third-order valence-corrected chi connectivity index (χ3v) is 2.90. The number of hydrogen-bond donors (Lipinski definition) is 1. The molecule has 3 rings (SSSR count). The summed E-state index contributed by atoms with van der Waals surface area (Å²) in [6.07, 6.45) is 2.85. The molecule has 86 valence electrons. The van der Waals surface area contributed by atoms with Crippen molar-refractivity contribution in [3.8, 4) is 0 Å². The van der Waals surface area contributed by atoms with Crippen LogP contribution in [-0.4, -0.2) is 4.98 Å². The van der Waals surface area contributed by atoms with E-state index >= 15 is 0 Å². The second kappa shape index (κ2) is 3.73. The highest BCUT2D eigenvalue weighted by Gasteiger charge is 2.17. The molecule has 0 saturated heterocycles. The molecule has 1 aromatic carbocycles. The maximum absolute atomic E-state index is 11.8. The van der Waals surface area contributed by atoms with Crippen LogP contribution in [0.15, 0.2) is 39.8 Å². The number of nitrogens with zero attached hydrogens (tertiary/aromatic N) is 1. The Morgan fingerprint density at radius 3 is 3.00 bits per heavy atom. The van der Waals surface area contributed by atoms with Gasteiger partial charge in [0.2, 0.25) is 6.33 Å². The van der Waals surface area contributed by atoms with Crippen molar-refractivity contribution in [2.75, 3.05) is 0 Å². The van der Waals surface area contributed by atoms with Crippen molar-refractivity contribution in [2.45, 2.75) is 19.9 Å². The Morgan fingerprint density at radius 1 is 1.35 bits per heavy atom. The van der Waals surface area contributed by atoms with Crippen LogP contribution in [0, 0.1) is 0 Å². The van der Waals surface area contributed by atoms with Crippen molar-refractivity contribution in [3.63, 3.8) is 0 Å². The number of imidazole rings is 1. The second-order valence-electron chi connectivity index (χ2n) is 4.08. The Balaban J connectivity index is 2.51. The van der Waals surface area contributed by atoms with E-state index in [-0.39, 0.29) is 5.63 Å². The summed E-state index contributed by atoms with van der Waals surface area (Å²) >= 11 is 0. The van der Waals surface area contributed by atoms with Gasteiger partial charge in [0.15, 0.2) is 5.52 Å². The Bertz CT molecular complexity index is 740. The molecule has 0 radical (unpaired) electrons. The highest BCUT2D eigenvalue weighted by molar-refractivity contribution is 5.98. The van der Waals surface area contributed by atoms with E-state index in [1.54, 1.807) is 0 Å². The molecular weight excluding hydrogens is 216 g/mol. The Labute approximate surface area is 97.5 Å². The Hall–Kier alpha value is -2.10. The first-order chi connectivity index (χ1) is 8.31. The summed E-state index contributed by atoms with van der Waals surface area (Å²) in [6.45, 7) is 2.99. The SMILES string of the molecule is CCC[n+]1c[nH]c2c(=O)oc3ccccc3c21. The van der Waals surface area contributed by atoms with Crippen molar-refractivity contribution in [2.24, 2.45) is 0 Å². The molecule has 3 aromatic rings. The summed E-state index contributed by atoms with van der Waals surface area (Å²) in [4.78, 5) is 14.8. The van der Waals surface area contributed by atoms with Crippen molar-refractivity contribution in [1.82, 2.24) is 4.98 Å². The van der Waals surface area contributed by atoms with Gasteiger partial charge in [-0.1, -0.05) is 19.1 Å². The number of para-hydroxylation sites is 1. The lowest BCUT2D eigenvalue weighted by molar-refractivity contribution is -0.670. The average Bonchev–Trinajstić information content (AvgIpc) is 2.75. The summed E-state index contributed by atoms with van der Waals surface area (Å²) in [6, 6.07) is 7.61. The molecule has 0 fully saturated rings. The van der Waals surface area contributed by atoms with Crippen molar-refractivity contribution >= 4 is 22.0 Å². The predicted molar refractivity (Wildman–Crippen MR) is 64.8 cm³/mol. The lowest BCUT2D eigenvalue weighted by atomic mass is 10.2.